The fourth-order valence-corrected chi connectivity index (χ4v) is 2.67. The summed E-state index contributed by atoms with van der Waals surface area (Å²) in [6, 6.07) is -1.04. The molecule has 0 unspecified atom stereocenters. The highest BCUT2D eigenvalue weighted by Crippen LogP contribution is 2.28. The van der Waals surface area contributed by atoms with Crippen LogP contribution >= 0.6 is 0 Å². The third kappa shape index (κ3) is 7.31. The van der Waals surface area contributed by atoms with E-state index in [-0.39, 0.29) is 19.8 Å². The van der Waals surface area contributed by atoms with E-state index < -0.39 is 54.6 Å². The molecule has 1 aliphatic heterocycles. The van der Waals surface area contributed by atoms with Gasteiger partial charge in [0.1, 0.15) is 18.8 Å². The second-order valence-corrected chi connectivity index (χ2v) is 5.84. The lowest BCUT2D eigenvalue weighted by atomic mass is 9.96. The molecule has 11 heteroatoms. The molecule has 1 saturated heterocycles. The van der Waals surface area contributed by atoms with Gasteiger partial charge in [0, 0.05) is 27.4 Å². The van der Waals surface area contributed by atoms with Crippen LogP contribution in [0.2, 0.25) is 0 Å². The van der Waals surface area contributed by atoms with Crippen LogP contribution in [-0.4, -0.2) is 74.5 Å². The van der Waals surface area contributed by atoms with Gasteiger partial charge in [-0.05, 0) is 13.8 Å². The van der Waals surface area contributed by atoms with Crippen molar-refractivity contribution in [2.24, 2.45) is 0 Å². The molecule has 1 fully saturated rings. The number of hydrogen-bond acceptors (Lipinski definition) is 10. The highest BCUT2D eigenvalue weighted by atomic mass is 16.7. The molecule has 1 heterocycles. The van der Waals surface area contributed by atoms with Crippen molar-refractivity contribution in [1.82, 2.24) is 5.32 Å². The van der Waals surface area contributed by atoms with E-state index in [2.05, 4.69) is 5.32 Å². The Balaban J connectivity index is 3.23. The minimum Gasteiger partial charge on any atom is -0.463 e. The van der Waals surface area contributed by atoms with E-state index in [1.54, 1.807) is 13.8 Å². The van der Waals surface area contributed by atoms with Gasteiger partial charge in [0.05, 0.1) is 6.61 Å². The fraction of sp³-hybridized carbons (Fsp3) is 0.765. The first-order valence-electron chi connectivity index (χ1n) is 8.87. The molecule has 0 aromatic rings. The van der Waals surface area contributed by atoms with Crippen molar-refractivity contribution in [2.45, 2.75) is 65.3 Å². The number of hydrogen-bond donors (Lipinski definition) is 1. The number of carbonyl (C=O) groups excluding carboxylic acids is 4. The average molecular weight is 405 g/mol. The normalized spacial score (nSPS) is 26.7. The van der Waals surface area contributed by atoms with Crippen molar-refractivity contribution in [3.8, 4) is 0 Å². The third-order valence-electron chi connectivity index (χ3n) is 3.59. The van der Waals surface area contributed by atoms with E-state index in [1.807, 2.05) is 0 Å². The Morgan fingerprint density at radius 2 is 1.46 bits per heavy atom. The summed E-state index contributed by atoms with van der Waals surface area (Å²) in [7, 11) is 0. The zero-order valence-electron chi connectivity index (χ0n) is 16.6. The van der Waals surface area contributed by atoms with E-state index in [9.17, 15) is 19.2 Å². The smallest absolute Gasteiger partial charge is 0.407 e. The van der Waals surface area contributed by atoms with Crippen LogP contribution in [0.25, 0.3) is 0 Å². The summed E-state index contributed by atoms with van der Waals surface area (Å²) >= 11 is 0. The third-order valence-corrected chi connectivity index (χ3v) is 3.59. The van der Waals surface area contributed by atoms with Gasteiger partial charge in [0.2, 0.25) is 0 Å². The van der Waals surface area contributed by atoms with Crippen LogP contribution in [0.15, 0.2) is 0 Å². The van der Waals surface area contributed by atoms with Gasteiger partial charge in [0.25, 0.3) is 0 Å². The van der Waals surface area contributed by atoms with Crippen LogP contribution in [0.1, 0.15) is 34.6 Å². The number of ether oxygens (including phenoxy) is 6. The van der Waals surface area contributed by atoms with Gasteiger partial charge < -0.3 is 33.7 Å². The van der Waals surface area contributed by atoms with E-state index in [4.69, 9.17) is 28.4 Å². The van der Waals surface area contributed by atoms with Crippen molar-refractivity contribution in [1.29, 1.82) is 0 Å². The molecule has 160 valence electrons. The van der Waals surface area contributed by atoms with E-state index >= 15 is 0 Å². The van der Waals surface area contributed by atoms with Crippen molar-refractivity contribution >= 4 is 24.0 Å². The highest BCUT2D eigenvalue weighted by molar-refractivity contribution is 5.69. The predicted octanol–water partition coefficient (Wildman–Crippen LogP) is 0.289. The number of alkyl carbamates (subject to hydrolysis) is 1. The van der Waals surface area contributed by atoms with Crippen molar-refractivity contribution < 1.29 is 47.6 Å². The van der Waals surface area contributed by atoms with Gasteiger partial charge in [-0.2, -0.15) is 0 Å². The average Bonchev–Trinajstić information content (AvgIpc) is 2.58. The standard InChI is InChI=1S/C17H27NO10/c1-6-23-16-13(18-17(22)24-7-2)15(27-11(5)21)14(26-10(4)20)12(28-16)8-25-9(3)19/h12-16H,6-8H2,1-5H3,(H,18,22)/t12-,13+,14-,15-,16+/m0/s1. The summed E-state index contributed by atoms with van der Waals surface area (Å²) < 4.78 is 31.7. The van der Waals surface area contributed by atoms with Gasteiger partial charge in [-0.1, -0.05) is 0 Å². The Hall–Kier alpha value is -2.40. The molecule has 0 aromatic carbocycles. The first-order chi connectivity index (χ1) is 13.2. The summed E-state index contributed by atoms with van der Waals surface area (Å²) in [6.07, 6.45) is -5.20. The maximum absolute atomic E-state index is 12.0. The number of carbonyl (C=O) groups is 4. The molecule has 0 bridgehead atoms. The first kappa shape index (κ1) is 23.6. The van der Waals surface area contributed by atoms with E-state index in [0.717, 1.165) is 6.92 Å². The summed E-state index contributed by atoms with van der Waals surface area (Å²) in [5.41, 5.74) is 0. The van der Waals surface area contributed by atoms with Crippen LogP contribution < -0.4 is 5.32 Å². The number of amides is 1. The van der Waals surface area contributed by atoms with Gasteiger partial charge in [-0.25, -0.2) is 4.79 Å². The van der Waals surface area contributed by atoms with Crippen LogP contribution in [0.4, 0.5) is 4.79 Å². The second kappa shape index (κ2) is 11.4. The maximum Gasteiger partial charge on any atom is 0.407 e. The van der Waals surface area contributed by atoms with Crippen LogP contribution in [0.3, 0.4) is 0 Å². The Labute approximate surface area is 162 Å². The topological polar surface area (TPSA) is 136 Å². The zero-order valence-corrected chi connectivity index (χ0v) is 16.6. The summed E-state index contributed by atoms with van der Waals surface area (Å²) in [4.78, 5) is 46.4. The molecule has 0 spiro atoms. The molecule has 1 rings (SSSR count). The molecule has 0 aromatic heterocycles. The lowest BCUT2D eigenvalue weighted by molar-refractivity contribution is -0.276. The summed E-state index contributed by atoms with van der Waals surface area (Å²) in [5.74, 6) is -1.93. The van der Waals surface area contributed by atoms with Crippen molar-refractivity contribution in [3.05, 3.63) is 0 Å². The zero-order chi connectivity index (χ0) is 21.3. The van der Waals surface area contributed by atoms with E-state index in [1.165, 1.54) is 13.8 Å². The minimum atomic E-state index is -1.17. The van der Waals surface area contributed by atoms with Crippen molar-refractivity contribution in [2.75, 3.05) is 19.8 Å². The number of rotatable bonds is 8. The van der Waals surface area contributed by atoms with E-state index in [0.29, 0.717) is 0 Å². The summed E-state index contributed by atoms with van der Waals surface area (Å²) in [6.45, 7) is 6.90. The Morgan fingerprint density at radius 1 is 0.857 bits per heavy atom. The number of esters is 3. The molecular weight excluding hydrogens is 378 g/mol. The molecule has 0 saturated carbocycles. The molecule has 5 atom stereocenters. The van der Waals surface area contributed by atoms with Crippen LogP contribution in [0.5, 0.6) is 0 Å². The molecule has 1 amide bonds. The highest BCUT2D eigenvalue weighted by Gasteiger charge is 2.51. The van der Waals surface area contributed by atoms with Crippen LogP contribution in [0, 0.1) is 0 Å². The summed E-state index contributed by atoms with van der Waals surface area (Å²) in [5, 5.41) is 2.51. The van der Waals surface area contributed by atoms with Gasteiger partial charge in [0.15, 0.2) is 18.5 Å². The second-order valence-electron chi connectivity index (χ2n) is 5.84. The Morgan fingerprint density at radius 3 is 1.96 bits per heavy atom. The minimum absolute atomic E-state index is 0.111. The lowest BCUT2D eigenvalue weighted by Gasteiger charge is -2.44. The molecule has 11 nitrogen and oxygen atoms in total. The molecule has 0 radical (unpaired) electrons. The van der Waals surface area contributed by atoms with Gasteiger partial charge in [-0.15, -0.1) is 0 Å². The quantitative estimate of drug-likeness (QED) is 0.443. The SMILES string of the molecule is CCOC(=O)N[C@H]1[C@H](OCC)O[C@@H](COC(C)=O)[C@H](OC(C)=O)[C@H]1OC(C)=O. The predicted molar refractivity (Wildman–Crippen MR) is 92.0 cm³/mol. The fourth-order valence-electron chi connectivity index (χ4n) is 2.67. The maximum atomic E-state index is 12.0. The number of nitrogens with one attached hydrogen (secondary N) is 1. The molecule has 1 aliphatic rings. The molecule has 28 heavy (non-hydrogen) atoms. The largest absolute Gasteiger partial charge is 0.463 e. The van der Waals surface area contributed by atoms with Crippen LogP contribution in [-0.2, 0) is 42.8 Å². The molecule has 0 aliphatic carbocycles. The Bertz CT molecular complexity index is 566. The lowest BCUT2D eigenvalue weighted by Crippen LogP contribution is -2.66. The Kier molecular flexibility index (Phi) is 9.66. The molecule has 1 N–H and O–H groups in total. The van der Waals surface area contributed by atoms with Gasteiger partial charge in [-0.3, -0.25) is 14.4 Å². The van der Waals surface area contributed by atoms with Gasteiger partial charge >= 0.3 is 24.0 Å². The van der Waals surface area contributed by atoms with Crippen molar-refractivity contribution in [3.63, 3.8) is 0 Å². The monoisotopic (exact) mass is 405 g/mol. The first-order valence-corrected chi connectivity index (χ1v) is 8.87. The molecular formula is C17H27NO10.